The van der Waals surface area contributed by atoms with Crippen LogP contribution in [0, 0.1) is 6.57 Å². The van der Waals surface area contributed by atoms with Crippen molar-refractivity contribution in [1.82, 2.24) is 19.5 Å². The van der Waals surface area contributed by atoms with Crippen LogP contribution in [0.25, 0.3) is 26.8 Å². The third-order valence-electron chi connectivity index (χ3n) is 5.23. The molecule has 0 saturated heterocycles. The molecule has 0 radical (unpaired) electrons. The van der Waals surface area contributed by atoms with Crippen LogP contribution in [-0.4, -0.2) is 25.7 Å². The van der Waals surface area contributed by atoms with Gasteiger partial charge < -0.3 is 4.57 Å². The Balaban J connectivity index is 1.78. The first-order valence-corrected chi connectivity index (χ1v) is 9.85. The number of nitrogens with zero attached hydrogens (tertiary/aromatic N) is 5. The Hall–Kier alpha value is -2.85. The molecule has 1 aliphatic carbocycles. The van der Waals surface area contributed by atoms with Crippen molar-refractivity contribution in [3.8, 4) is 0 Å². The number of fused-ring (bicyclic) bond motifs is 3. The summed E-state index contributed by atoms with van der Waals surface area (Å²) >= 11 is 1.56. The van der Waals surface area contributed by atoms with Gasteiger partial charge in [-0.3, -0.25) is 4.98 Å². The van der Waals surface area contributed by atoms with Crippen LogP contribution in [0.4, 0.5) is 10.1 Å². The molecule has 134 valence electrons. The lowest BCUT2D eigenvalue weighted by Crippen LogP contribution is -2.11. The third-order valence-corrected chi connectivity index (χ3v) is 5.87. The fourth-order valence-corrected chi connectivity index (χ4v) is 4.58. The van der Waals surface area contributed by atoms with E-state index in [0.29, 0.717) is 24.9 Å². The first-order valence-electron chi connectivity index (χ1n) is 8.91. The highest BCUT2D eigenvalue weighted by molar-refractivity contribution is 7.07. The van der Waals surface area contributed by atoms with E-state index in [9.17, 15) is 4.39 Å². The van der Waals surface area contributed by atoms with Crippen molar-refractivity contribution >= 4 is 39.0 Å². The standard InChI is InChI=1S/C20H16FN5S/c1-22-13-3-5-17-16(7-13)20-18(9-23-17)25-19(8-14-10-27-11-24-14)26(20)15-4-2-12(21)6-15/h3,5,7,9-12,15H,2,4,6,8H2. The van der Waals surface area contributed by atoms with Crippen LogP contribution in [-0.2, 0) is 6.42 Å². The maximum atomic E-state index is 14.0. The minimum atomic E-state index is -0.772. The maximum Gasteiger partial charge on any atom is 0.188 e. The number of alkyl halides is 1. The molecule has 5 nitrogen and oxygen atoms in total. The van der Waals surface area contributed by atoms with Gasteiger partial charge in [0.2, 0.25) is 0 Å². The summed E-state index contributed by atoms with van der Waals surface area (Å²) in [4.78, 5) is 17.3. The second kappa shape index (κ2) is 6.39. The molecular formula is C20H16FN5S. The van der Waals surface area contributed by atoms with Crippen LogP contribution in [0.15, 0.2) is 35.3 Å². The molecule has 1 aliphatic rings. The largest absolute Gasteiger partial charge is 0.324 e. The van der Waals surface area contributed by atoms with Gasteiger partial charge in [-0.15, -0.1) is 11.3 Å². The van der Waals surface area contributed by atoms with E-state index < -0.39 is 6.17 Å². The summed E-state index contributed by atoms with van der Waals surface area (Å²) in [5.74, 6) is 0.887. The molecule has 1 fully saturated rings. The molecule has 0 N–H and O–H groups in total. The van der Waals surface area contributed by atoms with E-state index in [0.717, 1.165) is 39.9 Å². The van der Waals surface area contributed by atoms with Crippen LogP contribution < -0.4 is 0 Å². The average molecular weight is 377 g/mol. The molecule has 2 atom stereocenters. The van der Waals surface area contributed by atoms with Gasteiger partial charge in [0.1, 0.15) is 17.5 Å². The lowest BCUT2D eigenvalue weighted by molar-refractivity contribution is 0.330. The van der Waals surface area contributed by atoms with Crippen molar-refractivity contribution in [1.29, 1.82) is 0 Å². The van der Waals surface area contributed by atoms with Gasteiger partial charge in [0, 0.05) is 23.2 Å². The molecule has 0 spiro atoms. The average Bonchev–Trinajstić information content (AvgIpc) is 3.41. The van der Waals surface area contributed by atoms with Gasteiger partial charge in [0.05, 0.1) is 35.0 Å². The van der Waals surface area contributed by atoms with Crippen molar-refractivity contribution < 1.29 is 4.39 Å². The normalized spacial score (nSPS) is 19.7. The highest BCUT2D eigenvalue weighted by Gasteiger charge is 2.29. The minimum Gasteiger partial charge on any atom is -0.324 e. The highest BCUT2D eigenvalue weighted by Crippen LogP contribution is 2.38. The van der Waals surface area contributed by atoms with Crippen molar-refractivity contribution in [3.05, 3.63) is 58.2 Å². The van der Waals surface area contributed by atoms with Crippen molar-refractivity contribution in [2.24, 2.45) is 0 Å². The molecule has 2 unspecified atom stereocenters. The van der Waals surface area contributed by atoms with E-state index in [1.807, 2.05) is 23.0 Å². The predicted molar refractivity (Wildman–Crippen MR) is 104 cm³/mol. The Morgan fingerprint density at radius 2 is 2.19 bits per heavy atom. The van der Waals surface area contributed by atoms with Gasteiger partial charge in [0.25, 0.3) is 0 Å². The van der Waals surface area contributed by atoms with Crippen molar-refractivity contribution in [3.63, 3.8) is 0 Å². The Bertz CT molecular complexity index is 1170. The van der Waals surface area contributed by atoms with Crippen LogP contribution in [0.3, 0.4) is 0 Å². The number of rotatable bonds is 3. The molecule has 27 heavy (non-hydrogen) atoms. The van der Waals surface area contributed by atoms with Gasteiger partial charge >= 0.3 is 0 Å². The summed E-state index contributed by atoms with van der Waals surface area (Å²) in [5, 5.41) is 2.92. The summed E-state index contributed by atoms with van der Waals surface area (Å²) in [5.41, 5.74) is 5.91. The Morgan fingerprint density at radius 1 is 1.26 bits per heavy atom. The summed E-state index contributed by atoms with van der Waals surface area (Å²) in [6.07, 6.45) is 3.49. The zero-order valence-corrected chi connectivity index (χ0v) is 15.3. The molecule has 4 aromatic rings. The number of pyridine rings is 1. The molecule has 0 aliphatic heterocycles. The lowest BCUT2D eigenvalue weighted by atomic mass is 10.1. The number of benzene rings is 1. The number of hydrogen-bond acceptors (Lipinski definition) is 4. The third kappa shape index (κ3) is 2.77. The molecule has 3 heterocycles. The quantitative estimate of drug-likeness (QED) is 0.458. The Labute approximate surface area is 159 Å². The molecule has 0 amide bonds. The van der Waals surface area contributed by atoms with E-state index in [2.05, 4.69) is 19.4 Å². The van der Waals surface area contributed by atoms with Gasteiger partial charge in [-0.25, -0.2) is 19.2 Å². The molecule has 3 aromatic heterocycles. The Morgan fingerprint density at radius 3 is 2.93 bits per heavy atom. The first-order chi connectivity index (χ1) is 13.2. The van der Waals surface area contributed by atoms with Crippen LogP contribution >= 0.6 is 11.3 Å². The molecule has 1 saturated carbocycles. The second-order valence-electron chi connectivity index (χ2n) is 6.92. The highest BCUT2D eigenvalue weighted by atomic mass is 32.1. The summed E-state index contributed by atoms with van der Waals surface area (Å²) < 4.78 is 16.2. The second-order valence-corrected chi connectivity index (χ2v) is 7.64. The fourth-order valence-electron chi connectivity index (χ4n) is 4.03. The molecular weight excluding hydrogens is 361 g/mol. The molecule has 7 heteroatoms. The zero-order valence-electron chi connectivity index (χ0n) is 14.5. The van der Waals surface area contributed by atoms with Gasteiger partial charge in [-0.1, -0.05) is 6.07 Å². The summed E-state index contributed by atoms with van der Waals surface area (Å²) in [7, 11) is 0. The van der Waals surface area contributed by atoms with Gasteiger partial charge in [0.15, 0.2) is 5.69 Å². The van der Waals surface area contributed by atoms with E-state index in [-0.39, 0.29) is 6.04 Å². The SMILES string of the molecule is [C-]#[N+]c1ccc2ncc3nc(Cc4cscn4)n(C4CCC(F)C4)c3c2c1. The lowest BCUT2D eigenvalue weighted by Gasteiger charge is -2.17. The number of hydrogen-bond donors (Lipinski definition) is 0. The molecule has 1 aromatic carbocycles. The fraction of sp³-hybridized carbons (Fsp3) is 0.300. The number of halogens is 1. The first kappa shape index (κ1) is 16.3. The molecule has 5 rings (SSSR count). The monoisotopic (exact) mass is 377 g/mol. The topological polar surface area (TPSA) is 48.0 Å². The van der Waals surface area contributed by atoms with Crippen LogP contribution in [0.5, 0.6) is 0 Å². The van der Waals surface area contributed by atoms with Crippen molar-refractivity contribution in [2.45, 2.75) is 37.9 Å². The van der Waals surface area contributed by atoms with E-state index in [1.54, 1.807) is 23.6 Å². The summed E-state index contributed by atoms with van der Waals surface area (Å²) in [6.45, 7) is 7.34. The predicted octanol–water partition coefficient (Wildman–Crippen LogP) is 5.25. The number of imidazole rings is 1. The van der Waals surface area contributed by atoms with E-state index in [1.165, 1.54) is 0 Å². The molecule has 0 bridgehead atoms. The summed E-state index contributed by atoms with van der Waals surface area (Å²) in [6, 6.07) is 5.58. The minimum absolute atomic E-state index is 0.0702. The van der Waals surface area contributed by atoms with Crippen molar-refractivity contribution in [2.75, 3.05) is 0 Å². The maximum absolute atomic E-state index is 14.0. The zero-order chi connectivity index (χ0) is 18.4. The van der Waals surface area contributed by atoms with E-state index >= 15 is 0 Å². The van der Waals surface area contributed by atoms with Crippen LogP contribution in [0.1, 0.15) is 36.8 Å². The number of aromatic nitrogens is 4. The van der Waals surface area contributed by atoms with E-state index in [4.69, 9.17) is 11.6 Å². The number of thiazole rings is 1. The van der Waals surface area contributed by atoms with Gasteiger partial charge in [-0.05, 0) is 31.4 Å². The van der Waals surface area contributed by atoms with Crippen LogP contribution in [0.2, 0.25) is 0 Å². The smallest absolute Gasteiger partial charge is 0.188 e. The Kier molecular flexibility index (Phi) is 3.87. The van der Waals surface area contributed by atoms with Gasteiger partial charge in [-0.2, -0.15) is 0 Å².